The molecular formula is C16H21NO2. The monoisotopic (exact) mass is 259 g/mol. The number of carbonyl (C=O) groups is 2. The highest BCUT2D eigenvalue weighted by molar-refractivity contribution is 6.19. The third-order valence-electron chi connectivity index (χ3n) is 2.67. The van der Waals surface area contributed by atoms with Gasteiger partial charge in [-0.25, -0.2) is 0 Å². The first-order valence-electron chi connectivity index (χ1n) is 6.47. The minimum Gasteiger partial charge on any atom is -0.361 e. The highest BCUT2D eigenvalue weighted by atomic mass is 16.1. The molecule has 0 saturated carbocycles. The van der Waals surface area contributed by atoms with Gasteiger partial charge in [-0.05, 0) is 37.5 Å². The van der Waals surface area contributed by atoms with E-state index in [1.807, 2.05) is 45.0 Å². The second-order valence-corrected chi connectivity index (χ2v) is 5.15. The zero-order chi connectivity index (χ0) is 14.4. The molecule has 0 heterocycles. The SMILES string of the molecule is CC(=O)/C(=C/Nc1cccc(C)c1)C(=O)CC(C)C. The highest BCUT2D eigenvalue weighted by Gasteiger charge is 2.15. The second kappa shape index (κ2) is 6.88. The standard InChI is InChI=1S/C16H21NO2/c1-11(2)8-16(19)15(13(4)18)10-17-14-7-5-6-12(3)9-14/h5-7,9-11,17H,8H2,1-4H3/b15-10-. The van der Waals surface area contributed by atoms with E-state index in [4.69, 9.17) is 0 Å². The van der Waals surface area contributed by atoms with Crippen molar-refractivity contribution in [1.82, 2.24) is 0 Å². The van der Waals surface area contributed by atoms with Crippen LogP contribution in [0.25, 0.3) is 0 Å². The normalized spacial score (nSPS) is 11.5. The van der Waals surface area contributed by atoms with E-state index in [-0.39, 0.29) is 23.1 Å². The van der Waals surface area contributed by atoms with Crippen LogP contribution in [0.5, 0.6) is 0 Å². The highest BCUT2D eigenvalue weighted by Crippen LogP contribution is 2.12. The first-order chi connectivity index (χ1) is 8.90. The van der Waals surface area contributed by atoms with Crippen molar-refractivity contribution in [2.45, 2.75) is 34.1 Å². The van der Waals surface area contributed by atoms with Gasteiger partial charge in [0.1, 0.15) is 0 Å². The number of anilines is 1. The molecule has 1 N–H and O–H groups in total. The number of hydrogen-bond acceptors (Lipinski definition) is 3. The van der Waals surface area contributed by atoms with Gasteiger partial charge >= 0.3 is 0 Å². The van der Waals surface area contributed by atoms with Crippen LogP contribution in [0, 0.1) is 12.8 Å². The van der Waals surface area contributed by atoms with E-state index in [9.17, 15) is 9.59 Å². The molecule has 0 amide bonds. The number of carbonyl (C=O) groups excluding carboxylic acids is 2. The fraction of sp³-hybridized carbons (Fsp3) is 0.375. The molecule has 0 fully saturated rings. The number of rotatable bonds is 6. The molecule has 0 radical (unpaired) electrons. The van der Waals surface area contributed by atoms with Crippen molar-refractivity contribution in [3.05, 3.63) is 41.6 Å². The summed E-state index contributed by atoms with van der Waals surface area (Å²) in [4.78, 5) is 23.5. The van der Waals surface area contributed by atoms with Crippen LogP contribution in [0.4, 0.5) is 5.69 Å². The van der Waals surface area contributed by atoms with Crippen LogP contribution in [0.1, 0.15) is 32.8 Å². The molecule has 1 rings (SSSR count). The summed E-state index contributed by atoms with van der Waals surface area (Å²) in [6, 6.07) is 7.77. The molecule has 1 aromatic carbocycles. The molecule has 0 spiro atoms. The molecule has 0 aliphatic heterocycles. The lowest BCUT2D eigenvalue weighted by Gasteiger charge is -2.07. The fourth-order valence-electron chi connectivity index (χ4n) is 1.75. The zero-order valence-electron chi connectivity index (χ0n) is 12.0. The van der Waals surface area contributed by atoms with Gasteiger partial charge in [-0.15, -0.1) is 0 Å². The molecule has 19 heavy (non-hydrogen) atoms. The maximum absolute atomic E-state index is 12.0. The largest absolute Gasteiger partial charge is 0.361 e. The maximum atomic E-state index is 12.0. The number of hydrogen-bond donors (Lipinski definition) is 1. The first kappa shape index (κ1) is 15.2. The number of nitrogens with one attached hydrogen (secondary N) is 1. The molecular weight excluding hydrogens is 238 g/mol. The van der Waals surface area contributed by atoms with Crippen molar-refractivity contribution in [1.29, 1.82) is 0 Å². The summed E-state index contributed by atoms with van der Waals surface area (Å²) in [5.41, 5.74) is 2.22. The quantitative estimate of drug-likeness (QED) is 0.483. The van der Waals surface area contributed by atoms with Gasteiger partial charge in [0.05, 0.1) is 5.57 Å². The Morgan fingerprint density at radius 2 is 2.00 bits per heavy atom. The smallest absolute Gasteiger partial charge is 0.168 e. The van der Waals surface area contributed by atoms with Crippen LogP contribution < -0.4 is 5.32 Å². The minimum absolute atomic E-state index is 0.109. The van der Waals surface area contributed by atoms with Gasteiger partial charge in [-0.3, -0.25) is 9.59 Å². The van der Waals surface area contributed by atoms with Crippen LogP contribution in [0.15, 0.2) is 36.0 Å². The molecule has 0 aliphatic carbocycles. The van der Waals surface area contributed by atoms with Crippen LogP contribution in [0.2, 0.25) is 0 Å². The van der Waals surface area contributed by atoms with Gasteiger partial charge in [0.15, 0.2) is 11.6 Å². The summed E-state index contributed by atoms with van der Waals surface area (Å²) in [7, 11) is 0. The van der Waals surface area contributed by atoms with E-state index in [2.05, 4.69) is 5.32 Å². The maximum Gasteiger partial charge on any atom is 0.168 e. The predicted octanol–water partition coefficient (Wildman–Crippen LogP) is 3.50. The van der Waals surface area contributed by atoms with Crippen molar-refractivity contribution in [2.75, 3.05) is 5.32 Å². The Balaban J connectivity index is 2.85. The Kier molecular flexibility index (Phi) is 5.49. The first-order valence-corrected chi connectivity index (χ1v) is 6.47. The van der Waals surface area contributed by atoms with Gasteiger partial charge < -0.3 is 5.32 Å². The molecule has 0 unspecified atom stereocenters. The van der Waals surface area contributed by atoms with E-state index in [1.54, 1.807) is 0 Å². The summed E-state index contributed by atoms with van der Waals surface area (Å²) in [5.74, 6) is -0.0670. The third kappa shape index (κ3) is 5.08. The third-order valence-corrected chi connectivity index (χ3v) is 2.67. The van der Waals surface area contributed by atoms with Crippen LogP contribution in [-0.4, -0.2) is 11.6 Å². The molecule has 0 atom stereocenters. The molecule has 3 nitrogen and oxygen atoms in total. The lowest BCUT2D eigenvalue weighted by atomic mass is 9.99. The Labute approximate surface area is 114 Å². The lowest BCUT2D eigenvalue weighted by molar-refractivity contribution is -0.120. The van der Waals surface area contributed by atoms with Gasteiger partial charge in [-0.1, -0.05) is 26.0 Å². The number of Topliss-reactive ketones (excluding diaryl/α,β-unsaturated/α-hetero) is 2. The number of allylic oxidation sites excluding steroid dienone is 1. The van der Waals surface area contributed by atoms with Crippen molar-refractivity contribution in [3.8, 4) is 0 Å². The van der Waals surface area contributed by atoms with Gasteiger partial charge in [-0.2, -0.15) is 0 Å². The Hall–Kier alpha value is -1.90. The molecule has 0 bridgehead atoms. The van der Waals surface area contributed by atoms with Crippen LogP contribution in [0.3, 0.4) is 0 Å². The lowest BCUT2D eigenvalue weighted by Crippen LogP contribution is -2.14. The van der Waals surface area contributed by atoms with E-state index in [1.165, 1.54) is 13.1 Å². The summed E-state index contributed by atoms with van der Waals surface area (Å²) in [6.45, 7) is 7.33. The molecule has 0 aliphatic rings. The summed E-state index contributed by atoms with van der Waals surface area (Å²) < 4.78 is 0. The summed E-state index contributed by atoms with van der Waals surface area (Å²) in [6.07, 6.45) is 1.91. The van der Waals surface area contributed by atoms with Crippen LogP contribution >= 0.6 is 0 Å². The van der Waals surface area contributed by atoms with Crippen molar-refractivity contribution in [3.63, 3.8) is 0 Å². The van der Waals surface area contributed by atoms with E-state index >= 15 is 0 Å². The van der Waals surface area contributed by atoms with Crippen molar-refractivity contribution in [2.24, 2.45) is 5.92 Å². The molecule has 0 saturated heterocycles. The number of benzene rings is 1. The van der Waals surface area contributed by atoms with E-state index in [0.29, 0.717) is 6.42 Å². The Bertz CT molecular complexity index is 501. The minimum atomic E-state index is -0.203. The van der Waals surface area contributed by atoms with Crippen molar-refractivity contribution >= 4 is 17.3 Å². The average Bonchev–Trinajstić information content (AvgIpc) is 2.27. The second-order valence-electron chi connectivity index (χ2n) is 5.15. The average molecular weight is 259 g/mol. The summed E-state index contributed by atoms with van der Waals surface area (Å²) >= 11 is 0. The van der Waals surface area contributed by atoms with E-state index < -0.39 is 0 Å². The molecule has 102 valence electrons. The van der Waals surface area contributed by atoms with E-state index in [0.717, 1.165) is 11.3 Å². The fourth-order valence-corrected chi connectivity index (χ4v) is 1.75. The van der Waals surface area contributed by atoms with Gasteiger partial charge in [0.25, 0.3) is 0 Å². The zero-order valence-corrected chi connectivity index (χ0v) is 12.0. The number of ketones is 2. The van der Waals surface area contributed by atoms with Crippen LogP contribution in [-0.2, 0) is 9.59 Å². The topological polar surface area (TPSA) is 46.2 Å². The summed E-state index contributed by atoms with van der Waals surface area (Å²) in [5, 5.41) is 3.02. The van der Waals surface area contributed by atoms with Gasteiger partial charge in [0, 0.05) is 18.3 Å². The number of aryl methyl sites for hydroxylation is 1. The molecule has 3 heteroatoms. The molecule has 1 aromatic rings. The molecule has 0 aromatic heterocycles. The Morgan fingerprint density at radius 3 is 2.53 bits per heavy atom. The van der Waals surface area contributed by atoms with Gasteiger partial charge in [0.2, 0.25) is 0 Å². The van der Waals surface area contributed by atoms with Crippen molar-refractivity contribution < 1.29 is 9.59 Å². The predicted molar refractivity (Wildman–Crippen MR) is 78.0 cm³/mol. The Morgan fingerprint density at radius 1 is 1.32 bits per heavy atom.